The van der Waals surface area contributed by atoms with Gasteiger partial charge < -0.3 is 20.0 Å². The van der Waals surface area contributed by atoms with E-state index in [0.29, 0.717) is 13.1 Å². The largest absolute Gasteiger partial charge is 0.490 e. The van der Waals surface area contributed by atoms with E-state index in [1.807, 2.05) is 42.3 Å². The van der Waals surface area contributed by atoms with E-state index in [0.717, 1.165) is 49.4 Å². The maximum Gasteiger partial charge on any atom is 0.490 e. The summed E-state index contributed by atoms with van der Waals surface area (Å²) in [4.78, 5) is 40.3. The fourth-order valence-electron chi connectivity index (χ4n) is 4.89. The van der Waals surface area contributed by atoms with Crippen molar-refractivity contribution in [2.24, 2.45) is 5.41 Å². The van der Waals surface area contributed by atoms with E-state index in [1.54, 1.807) is 6.20 Å². The first-order valence-electron chi connectivity index (χ1n) is 13.4. The molecule has 1 aromatic carbocycles. The number of aromatic nitrogens is 3. The number of nitrogens with zero attached hydrogens (tertiary/aromatic N) is 5. The van der Waals surface area contributed by atoms with Crippen molar-refractivity contribution >= 4 is 23.7 Å². The Morgan fingerprint density at radius 2 is 1.44 bits per heavy atom. The molecule has 5 rings (SSSR count). The molecule has 0 unspecified atom stereocenters. The number of aryl methyl sites for hydroxylation is 1. The van der Waals surface area contributed by atoms with E-state index >= 15 is 0 Å². The summed E-state index contributed by atoms with van der Waals surface area (Å²) in [5, 5.41) is 22.8. The molecule has 0 radical (unpaired) electrons. The Bertz CT molecular complexity index is 1440. The third-order valence-corrected chi connectivity index (χ3v) is 7.16. The van der Waals surface area contributed by atoms with Crippen molar-refractivity contribution in [2.45, 2.75) is 51.6 Å². The highest BCUT2D eigenvalue weighted by Gasteiger charge is 2.46. The van der Waals surface area contributed by atoms with Gasteiger partial charge in [-0.15, -0.1) is 5.10 Å². The number of carbonyl (C=O) groups excluding carboxylic acids is 1. The Labute approximate surface area is 253 Å². The van der Waals surface area contributed by atoms with Gasteiger partial charge in [0.1, 0.15) is 0 Å². The number of carbonyl (C=O) groups is 3. The average Bonchev–Trinajstić information content (AvgIpc) is 3.08. The average molecular weight is 642 g/mol. The highest BCUT2D eigenvalue weighted by Crippen LogP contribution is 2.41. The van der Waals surface area contributed by atoms with Crippen LogP contribution in [0, 0.1) is 12.3 Å². The lowest BCUT2D eigenvalue weighted by Crippen LogP contribution is -2.50. The van der Waals surface area contributed by atoms with Crippen molar-refractivity contribution in [1.82, 2.24) is 20.1 Å². The standard InChI is InChI=1S/C25H27N5O.2C2HF3O2/c1-19-8-9-23(28-27-19)29-13-10-25(11-14-29)15-21-6-2-3-7-22(21)18-30(24(25)31)17-20-5-4-12-26-16-20;2*3-2(4,5)1(6)7/h2-9,12,16H,10-11,13-15,17-18H2,1H3;2*(H,6,7). The van der Waals surface area contributed by atoms with Crippen LogP contribution in [-0.4, -0.2) is 73.6 Å². The number of carboxylic acid groups (broad SMARTS) is 2. The zero-order valence-electron chi connectivity index (χ0n) is 23.8. The fraction of sp³-hybridized carbons (Fsp3) is 0.379. The second-order valence-corrected chi connectivity index (χ2v) is 10.4. The van der Waals surface area contributed by atoms with E-state index < -0.39 is 24.3 Å². The van der Waals surface area contributed by atoms with Crippen LogP contribution in [0.25, 0.3) is 0 Å². The Morgan fingerprint density at radius 3 is 1.93 bits per heavy atom. The highest BCUT2D eigenvalue weighted by atomic mass is 19.4. The number of fused-ring (bicyclic) bond motifs is 1. The van der Waals surface area contributed by atoms with Crippen LogP contribution in [0.15, 0.2) is 60.9 Å². The number of rotatable bonds is 3. The summed E-state index contributed by atoms with van der Waals surface area (Å²) in [5.41, 5.74) is 4.16. The van der Waals surface area contributed by atoms with Gasteiger partial charge >= 0.3 is 24.3 Å². The first-order chi connectivity index (χ1) is 21.0. The first-order valence-corrected chi connectivity index (χ1v) is 13.4. The van der Waals surface area contributed by atoms with Crippen LogP contribution >= 0.6 is 0 Å². The van der Waals surface area contributed by atoms with Gasteiger partial charge in [0.25, 0.3) is 0 Å². The Hall–Kier alpha value is -4.76. The molecule has 1 amide bonds. The van der Waals surface area contributed by atoms with Gasteiger partial charge in [-0.3, -0.25) is 9.78 Å². The van der Waals surface area contributed by atoms with Crippen molar-refractivity contribution in [1.29, 1.82) is 0 Å². The van der Waals surface area contributed by atoms with Gasteiger partial charge in [0.05, 0.1) is 11.1 Å². The summed E-state index contributed by atoms with van der Waals surface area (Å²) in [5.74, 6) is -4.35. The number of piperidine rings is 1. The molecular formula is C29H29F6N5O5. The third-order valence-electron chi connectivity index (χ3n) is 7.16. The van der Waals surface area contributed by atoms with Crippen LogP contribution in [0.5, 0.6) is 0 Å². The Balaban J connectivity index is 0.000000331. The second-order valence-electron chi connectivity index (χ2n) is 10.4. The van der Waals surface area contributed by atoms with Gasteiger partial charge in [-0.25, -0.2) is 9.59 Å². The van der Waals surface area contributed by atoms with Crippen molar-refractivity contribution < 1.29 is 50.9 Å². The van der Waals surface area contributed by atoms with Crippen LogP contribution in [0.2, 0.25) is 0 Å². The van der Waals surface area contributed by atoms with Crippen molar-refractivity contribution in [3.05, 3.63) is 83.3 Å². The maximum absolute atomic E-state index is 13.9. The molecule has 16 heteroatoms. The van der Waals surface area contributed by atoms with Crippen molar-refractivity contribution in [3.63, 3.8) is 0 Å². The first kappa shape index (κ1) is 34.7. The van der Waals surface area contributed by atoms with Crippen molar-refractivity contribution in [2.75, 3.05) is 18.0 Å². The topological polar surface area (TPSA) is 137 Å². The lowest BCUT2D eigenvalue weighted by molar-refractivity contribution is -0.193. The zero-order valence-corrected chi connectivity index (χ0v) is 23.8. The van der Waals surface area contributed by atoms with Gasteiger partial charge in [-0.2, -0.15) is 31.4 Å². The predicted octanol–water partition coefficient (Wildman–Crippen LogP) is 4.82. The van der Waals surface area contributed by atoms with Crippen LogP contribution < -0.4 is 4.90 Å². The molecule has 242 valence electrons. The number of alkyl halides is 6. The molecule has 1 spiro atoms. The molecule has 4 heterocycles. The Kier molecular flexibility index (Phi) is 11.1. The van der Waals surface area contributed by atoms with Gasteiger partial charge in [0.15, 0.2) is 5.82 Å². The Morgan fingerprint density at radius 1 is 0.867 bits per heavy atom. The SMILES string of the molecule is Cc1ccc(N2CCC3(CC2)Cc2ccccc2CN(Cc2cccnc2)C3=O)nn1.O=C(O)C(F)(F)F.O=C(O)C(F)(F)F. The molecule has 0 aliphatic carbocycles. The molecule has 0 saturated carbocycles. The molecule has 0 bridgehead atoms. The number of amides is 1. The lowest BCUT2D eigenvalue weighted by atomic mass is 9.73. The smallest absolute Gasteiger partial charge is 0.475 e. The minimum atomic E-state index is -5.08. The molecule has 0 atom stereocenters. The number of anilines is 1. The highest BCUT2D eigenvalue weighted by molar-refractivity contribution is 5.84. The predicted molar refractivity (Wildman–Crippen MR) is 147 cm³/mol. The second kappa shape index (κ2) is 14.3. The number of halogens is 6. The molecule has 10 nitrogen and oxygen atoms in total. The van der Waals surface area contributed by atoms with Crippen LogP contribution in [0.4, 0.5) is 32.2 Å². The maximum atomic E-state index is 13.9. The summed E-state index contributed by atoms with van der Waals surface area (Å²) in [6.45, 7) is 4.81. The molecular weight excluding hydrogens is 612 g/mol. The summed E-state index contributed by atoms with van der Waals surface area (Å²) >= 11 is 0. The van der Waals surface area contributed by atoms with Crippen LogP contribution in [0.3, 0.4) is 0 Å². The molecule has 1 saturated heterocycles. The molecule has 45 heavy (non-hydrogen) atoms. The van der Waals surface area contributed by atoms with Gasteiger partial charge in [-0.1, -0.05) is 30.3 Å². The third kappa shape index (κ3) is 9.61. The molecule has 3 aromatic rings. The van der Waals surface area contributed by atoms with E-state index in [1.165, 1.54) is 11.1 Å². The number of hydrogen-bond donors (Lipinski definition) is 2. The van der Waals surface area contributed by atoms with E-state index in [9.17, 15) is 31.1 Å². The molecule has 2 N–H and O–H groups in total. The molecule has 2 aromatic heterocycles. The summed E-state index contributed by atoms with van der Waals surface area (Å²) in [6, 6.07) is 16.5. The number of pyridine rings is 1. The van der Waals surface area contributed by atoms with Crippen LogP contribution in [-0.2, 0) is 33.9 Å². The minimum Gasteiger partial charge on any atom is -0.475 e. The van der Waals surface area contributed by atoms with E-state index in [4.69, 9.17) is 19.8 Å². The zero-order chi connectivity index (χ0) is 33.4. The van der Waals surface area contributed by atoms with E-state index in [2.05, 4.69) is 44.3 Å². The van der Waals surface area contributed by atoms with Crippen molar-refractivity contribution in [3.8, 4) is 0 Å². The number of benzene rings is 1. The lowest BCUT2D eigenvalue weighted by Gasteiger charge is -2.42. The molecule has 1 fully saturated rings. The van der Waals surface area contributed by atoms with Gasteiger partial charge in [0, 0.05) is 38.6 Å². The summed E-state index contributed by atoms with van der Waals surface area (Å²) < 4.78 is 63.5. The monoisotopic (exact) mass is 641 g/mol. The van der Waals surface area contributed by atoms with E-state index in [-0.39, 0.29) is 11.3 Å². The normalized spacial score (nSPS) is 15.9. The summed E-state index contributed by atoms with van der Waals surface area (Å²) in [6.07, 6.45) is -4.10. The molecule has 2 aliphatic rings. The van der Waals surface area contributed by atoms with Crippen LogP contribution in [0.1, 0.15) is 35.2 Å². The minimum absolute atomic E-state index is 0.266. The number of aliphatic carboxylic acids is 2. The van der Waals surface area contributed by atoms with Gasteiger partial charge in [0.2, 0.25) is 5.91 Å². The summed E-state index contributed by atoms with van der Waals surface area (Å²) in [7, 11) is 0. The van der Waals surface area contributed by atoms with Gasteiger partial charge in [-0.05, 0) is 61.1 Å². The fourth-order valence-corrected chi connectivity index (χ4v) is 4.89. The molecule has 2 aliphatic heterocycles. The quantitative estimate of drug-likeness (QED) is 0.386. The number of carboxylic acids is 2. The number of hydrogen-bond acceptors (Lipinski definition) is 7.